The van der Waals surface area contributed by atoms with E-state index >= 15 is 0 Å². The minimum atomic E-state index is 0. The predicted octanol–water partition coefficient (Wildman–Crippen LogP) is 3.84. The van der Waals surface area contributed by atoms with E-state index in [1.165, 1.54) is 16.7 Å². The number of hydrogen-bond donors (Lipinski definition) is 1. The highest BCUT2D eigenvalue weighted by Crippen LogP contribution is 2.38. The monoisotopic (exact) mass is 259 g/mol. The van der Waals surface area contributed by atoms with Crippen LogP contribution in [0.15, 0.2) is 54.6 Å². The third-order valence-electron chi connectivity index (χ3n) is 3.80. The molecule has 1 aliphatic carbocycles. The number of rotatable bonds is 1. The van der Waals surface area contributed by atoms with Crippen molar-refractivity contribution in [1.82, 2.24) is 0 Å². The second-order valence-electron chi connectivity index (χ2n) is 4.78. The smallest absolute Gasteiger partial charge is 0.0367 e. The third kappa shape index (κ3) is 2.29. The van der Waals surface area contributed by atoms with Crippen LogP contribution in [-0.4, -0.2) is 0 Å². The van der Waals surface area contributed by atoms with Gasteiger partial charge in [-0.1, -0.05) is 54.6 Å². The molecule has 2 aromatic rings. The van der Waals surface area contributed by atoms with Crippen molar-refractivity contribution in [2.75, 3.05) is 0 Å². The van der Waals surface area contributed by atoms with Crippen molar-refractivity contribution in [2.45, 2.75) is 24.8 Å². The highest BCUT2D eigenvalue weighted by atomic mass is 35.5. The van der Waals surface area contributed by atoms with Gasteiger partial charge in [0.2, 0.25) is 0 Å². The summed E-state index contributed by atoms with van der Waals surface area (Å²) in [5.74, 6) is 0.464. The first-order valence-electron chi connectivity index (χ1n) is 6.24. The molecule has 2 heteroatoms. The molecule has 2 N–H and O–H groups in total. The Morgan fingerprint density at radius 3 is 2.33 bits per heavy atom. The number of aryl methyl sites for hydroxylation is 1. The summed E-state index contributed by atoms with van der Waals surface area (Å²) in [7, 11) is 0. The van der Waals surface area contributed by atoms with Crippen LogP contribution in [0.4, 0.5) is 0 Å². The van der Waals surface area contributed by atoms with Crippen LogP contribution in [0.5, 0.6) is 0 Å². The van der Waals surface area contributed by atoms with Gasteiger partial charge in [0.25, 0.3) is 0 Å². The Kier molecular flexibility index (Phi) is 4.05. The van der Waals surface area contributed by atoms with Gasteiger partial charge in [-0.15, -0.1) is 12.4 Å². The lowest BCUT2D eigenvalue weighted by molar-refractivity contribution is 0.486. The van der Waals surface area contributed by atoms with E-state index in [4.69, 9.17) is 5.73 Å². The minimum absolute atomic E-state index is 0. The molecule has 0 unspecified atom stereocenters. The van der Waals surface area contributed by atoms with Crippen molar-refractivity contribution in [3.05, 3.63) is 71.3 Å². The summed E-state index contributed by atoms with van der Waals surface area (Å²) >= 11 is 0. The fourth-order valence-electron chi connectivity index (χ4n) is 2.87. The van der Waals surface area contributed by atoms with Crippen molar-refractivity contribution in [3.8, 4) is 0 Å². The van der Waals surface area contributed by atoms with Gasteiger partial charge in [-0.05, 0) is 29.5 Å². The van der Waals surface area contributed by atoms with Crippen molar-refractivity contribution < 1.29 is 0 Å². The van der Waals surface area contributed by atoms with Crippen LogP contribution in [-0.2, 0) is 6.42 Å². The Labute approximate surface area is 114 Å². The molecule has 0 heterocycles. The first kappa shape index (κ1) is 13.1. The van der Waals surface area contributed by atoms with E-state index in [0.717, 1.165) is 12.8 Å². The maximum atomic E-state index is 6.42. The molecular weight excluding hydrogens is 242 g/mol. The normalized spacial score (nSPS) is 21.8. The maximum absolute atomic E-state index is 6.42. The third-order valence-corrected chi connectivity index (χ3v) is 3.80. The molecule has 0 saturated carbocycles. The molecule has 1 nitrogen and oxygen atoms in total. The Hall–Kier alpha value is -1.31. The minimum Gasteiger partial charge on any atom is -0.323 e. The topological polar surface area (TPSA) is 26.0 Å². The van der Waals surface area contributed by atoms with Gasteiger partial charge >= 0.3 is 0 Å². The lowest BCUT2D eigenvalue weighted by Crippen LogP contribution is -2.25. The summed E-state index contributed by atoms with van der Waals surface area (Å²) < 4.78 is 0. The van der Waals surface area contributed by atoms with Crippen LogP contribution < -0.4 is 5.73 Å². The molecule has 18 heavy (non-hydrogen) atoms. The van der Waals surface area contributed by atoms with Gasteiger partial charge in [-0.3, -0.25) is 0 Å². The zero-order valence-electron chi connectivity index (χ0n) is 10.3. The van der Waals surface area contributed by atoms with Gasteiger partial charge in [-0.2, -0.15) is 0 Å². The summed E-state index contributed by atoms with van der Waals surface area (Å²) in [6.45, 7) is 0. The molecule has 0 spiro atoms. The summed E-state index contributed by atoms with van der Waals surface area (Å²) in [4.78, 5) is 0. The molecule has 0 aromatic heterocycles. The van der Waals surface area contributed by atoms with E-state index in [1.807, 2.05) is 0 Å². The molecule has 1 aliphatic rings. The highest BCUT2D eigenvalue weighted by molar-refractivity contribution is 5.85. The first-order valence-corrected chi connectivity index (χ1v) is 6.24. The summed E-state index contributed by atoms with van der Waals surface area (Å²) in [5.41, 5.74) is 10.5. The summed E-state index contributed by atoms with van der Waals surface area (Å²) in [5, 5.41) is 0. The fourth-order valence-corrected chi connectivity index (χ4v) is 2.87. The Balaban J connectivity index is 0.00000120. The molecule has 94 valence electrons. The summed E-state index contributed by atoms with van der Waals surface area (Å²) in [6, 6.07) is 19.4. The second kappa shape index (κ2) is 5.55. The van der Waals surface area contributed by atoms with Gasteiger partial charge in [0, 0.05) is 12.0 Å². The van der Waals surface area contributed by atoms with E-state index in [-0.39, 0.29) is 18.4 Å². The van der Waals surface area contributed by atoms with Crippen molar-refractivity contribution in [1.29, 1.82) is 0 Å². The maximum Gasteiger partial charge on any atom is 0.0367 e. The van der Waals surface area contributed by atoms with Gasteiger partial charge in [0.1, 0.15) is 0 Å². The molecule has 0 bridgehead atoms. The fraction of sp³-hybridized carbons (Fsp3) is 0.250. The van der Waals surface area contributed by atoms with Crippen molar-refractivity contribution in [3.63, 3.8) is 0 Å². The molecule has 0 saturated heterocycles. The molecule has 0 amide bonds. The Morgan fingerprint density at radius 1 is 0.889 bits per heavy atom. The second-order valence-corrected chi connectivity index (χ2v) is 4.78. The quantitative estimate of drug-likeness (QED) is 0.827. The van der Waals surface area contributed by atoms with E-state index in [9.17, 15) is 0 Å². The van der Waals surface area contributed by atoms with Crippen LogP contribution in [0.1, 0.15) is 35.1 Å². The average Bonchev–Trinajstić information content (AvgIpc) is 2.40. The van der Waals surface area contributed by atoms with Gasteiger partial charge in [0.15, 0.2) is 0 Å². The first-order chi connectivity index (χ1) is 8.36. The van der Waals surface area contributed by atoms with Crippen LogP contribution in [0.25, 0.3) is 0 Å². The lowest BCUT2D eigenvalue weighted by Gasteiger charge is -2.31. The number of nitrogens with two attached hydrogens (primary N) is 1. The molecule has 0 fully saturated rings. The van der Waals surface area contributed by atoms with Gasteiger partial charge in [0.05, 0.1) is 0 Å². The largest absolute Gasteiger partial charge is 0.323 e. The zero-order chi connectivity index (χ0) is 11.7. The van der Waals surface area contributed by atoms with Crippen LogP contribution in [0.2, 0.25) is 0 Å². The number of benzene rings is 2. The SMILES string of the molecule is Cl.N[C@H]1c2ccccc2CC[C@H]1c1ccccc1. The van der Waals surface area contributed by atoms with Crippen LogP contribution in [0.3, 0.4) is 0 Å². The van der Waals surface area contributed by atoms with Crippen molar-refractivity contribution >= 4 is 12.4 Å². The van der Waals surface area contributed by atoms with E-state index in [2.05, 4.69) is 54.6 Å². The molecule has 0 aliphatic heterocycles. The van der Waals surface area contributed by atoms with Gasteiger partial charge in [-0.25, -0.2) is 0 Å². The molecule has 0 radical (unpaired) electrons. The van der Waals surface area contributed by atoms with E-state index in [0.29, 0.717) is 5.92 Å². The molecule has 3 rings (SSSR count). The molecule has 2 aromatic carbocycles. The van der Waals surface area contributed by atoms with E-state index in [1.54, 1.807) is 0 Å². The van der Waals surface area contributed by atoms with Gasteiger partial charge < -0.3 is 5.73 Å². The lowest BCUT2D eigenvalue weighted by atomic mass is 9.77. The standard InChI is InChI=1S/C16H17N.ClH/c17-16-14-9-5-4-8-13(14)10-11-15(16)12-6-2-1-3-7-12;/h1-9,15-16H,10-11,17H2;1H/t15-,16-;/m0./s1. The molecule has 2 atom stereocenters. The van der Waals surface area contributed by atoms with Crippen LogP contribution in [0, 0.1) is 0 Å². The number of fused-ring (bicyclic) bond motifs is 1. The summed E-state index contributed by atoms with van der Waals surface area (Å²) in [6.07, 6.45) is 2.30. The Bertz CT molecular complexity index is 510. The number of halogens is 1. The number of hydrogen-bond acceptors (Lipinski definition) is 1. The Morgan fingerprint density at radius 2 is 1.56 bits per heavy atom. The van der Waals surface area contributed by atoms with Crippen LogP contribution >= 0.6 is 12.4 Å². The van der Waals surface area contributed by atoms with E-state index < -0.39 is 0 Å². The highest BCUT2D eigenvalue weighted by Gasteiger charge is 2.27. The predicted molar refractivity (Wildman–Crippen MR) is 78.1 cm³/mol. The zero-order valence-corrected chi connectivity index (χ0v) is 11.1. The van der Waals surface area contributed by atoms with Crippen molar-refractivity contribution in [2.24, 2.45) is 5.73 Å². The molecular formula is C16H18ClN. The average molecular weight is 260 g/mol.